The fourth-order valence-electron chi connectivity index (χ4n) is 3.10. The summed E-state index contributed by atoms with van der Waals surface area (Å²) in [6.45, 7) is 5.77. The number of carbonyl (C=O) groups is 3. The van der Waals surface area contributed by atoms with Gasteiger partial charge in [-0.15, -0.1) is 0 Å². The van der Waals surface area contributed by atoms with Gasteiger partial charge in [-0.1, -0.05) is 70.8 Å². The van der Waals surface area contributed by atoms with Crippen LogP contribution in [-0.4, -0.2) is 24.4 Å². The molecular weight excluding hydrogens is 411 g/mol. The van der Waals surface area contributed by atoms with Crippen LogP contribution in [0.15, 0.2) is 72.8 Å². The maximum absolute atomic E-state index is 12.4. The van der Waals surface area contributed by atoms with Crippen molar-refractivity contribution in [1.29, 1.82) is 0 Å². The van der Waals surface area contributed by atoms with E-state index in [2.05, 4.69) is 4.74 Å². The minimum atomic E-state index is -2.04. The molecule has 31 heavy (non-hydrogen) atoms. The lowest BCUT2D eigenvalue weighted by Gasteiger charge is -2.05. The quantitative estimate of drug-likeness (QED) is 0.245. The van der Waals surface area contributed by atoms with Crippen LogP contribution in [0.5, 0.6) is 0 Å². The maximum Gasteiger partial charge on any atom is 0.458 e. The summed E-state index contributed by atoms with van der Waals surface area (Å²) in [5.74, 6) is -1.45. The smallest absolute Gasteiger partial charge is 0.458 e. The van der Waals surface area contributed by atoms with Crippen molar-refractivity contribution in [2.24, 2.45) is 0 Å². The second-order valence-corrected chi connectivity index (χ2v) is 8.41. The van der Waals surface area contributed by atoms with Gasteiger partial charge in [0, 0.05) is 5.56 Å². The van der Waals surface area contributed by atoms with Crippen molar-refractivity contribution in [1.82, 2.24) is 0 Å². The molecule has 0 radical (unpaired) electrons. The SMILES string of the molecule is COC(=O)C(=O)c1ccccc1.Cc1cc(C)c(C(=O)[P+](=O)c2ccccc2)c(C)c1. The first-order chi connectivity index (χ1) is 14.8. The summed E-state index contributed by atoms with van der Waals surface area (Å²) in [6.07, 6.45) is 0. The van der Waals surface area contributed by atoms with E-state index in [1.807, 2.05) is 39.0 Å². The molecule has 0 aromatic heterocycles. The lowest BCUT2D eigenvalue weighted by Crippen LogP contribution is -2.15. The van der Waals surface area contributed by atoms with Crippen molar-refractivity contribution in [3.05, 3.63) is 101 Å². The second-order valence-electron chi connectivity index (χ2n) is 6.90. The van der Waals surface area contributed by atoms with Gasteiger partial charge < -0.3 is 4.74 Å². The van der Waals surface area contributed by atoms with Crippen molar-refractivity contribution >= 4 is 30.4 Å². The maximum atomic E-state index is 12.4. The van der Waals surface area contributed by atoms with Crippen LogP contribution in [0.3, 0.4) is 0 Å². The van der Waals surface area contributed by atoms with Gasteiger partial charge >= 0.3 is 19.3 Å². The molecule has 0 saturated carbocycles. The van der Waals surface area contributed by atoms with E-state index >= 15 is 0 Å². The van der Waals surface area contributed by atoms with Gasteiger partial charge in [0.15, 0.2) is 5.30 Å². The molecule has 0 aliphatic carbocycles. The number of esters is 1. The summed E-state index contributed by atoms with van der Waals surface area (Å²) in [4.78, 5) is 34.3. The first-order valence-electron chi connectivity index (χ1n) is 9.58. The van der Waals surface area contributed by atoms with Gasteiger partial charge in [-0.2, -0.15) is 0 Å². The Balaban J connectivity index is 0.000000245. The number of aryl methyl sites for hydroxylation is 3. The Morgan fingerprint density at radius 3 is 1.74 bits per heavy atom. The monoisotopic (exact) mass is 435 g/mol. The molecule has 0 fully saturated rings. The number of ketones is 1. The molecule has 0 amide bonds. The molecule has 3 aromatic rings. The average molecular weight is 435 g/mol. The fraction of sp³-hybridized carbons (Fsp3) is 0.160. The molecule has 0 bridgehead atoms. The zero-order valence-electron chi connectivity index (χ0n) is 17.9. The molecule has 0 saturated heterocycles. The molecule has 1 atom stereocenters. The molecule has 158 valence electrons. The standard InChI is InChI=1S/C16H16O2P.C9H8O3/c1-11-9-12(2)15(13(3)10-11)16(17)19(18)14-7-5-4-6-8-14;1-12-9(11)8(10)7-5-3-2-4-6-7/h4-10H,1-3H3;2-6H,1H3/q+1;. The molecule has 3 aromatic carbocycles. The van der Waals surface area contributed by atoms with Gasteiger partial charge in [0.25, 0.3) is 5.78 Å². The molecular formula is C25H24O5P+. The Bertz CT molecular complexity index is 1080. The van der Waals surface area contributed by atoms with Crippen LogP contribution in [0.4, 0.5) is 0 Å². The number of carbonyl (C=O) groups excluding carboxylic acids is 3. The van der Waals surface area contributed by atoms with Crippen molar-refractivity contribution in [3.8, 4) is 0 Å². The summed E-state index contributed by atoms with van der Waals surface area (Å²) < 4.78 is 16.6. The zero-order valence-corrected chi connectivity index (χ0v) is 18.8. The van der Waals surface area contributed by atoms with E-state index in [0.29, 0.717) is 16.4 Å². The van der Waals surface area contributed by atoms with Crippen LogP contribution in [-0.2, 0) is 14.1 Å². The number of hydrogen-bond acceptors (Lipinski definition) is 5. The van der Waals surface area contributed by atoms with Crippen LogP contribution < -0.4 is 5.30 Å². The number of methoxy groups -OCH3 is 1. The minimum absolute atomic E-state index is 0.281. The first-order valence-corrected chi connectivity index (χ1v) is 10.8. The van der Waals surface area contributed by atoms with Gasteiger partial charge in [0.05, 0.1) is 12.7 Å². The van der Waals surface area contributed by atoms with Gasteiger partial charge in [-0.05, 0) is 44.0 Å². The van der Waals surface area contributed by atoms with Gasteiger partial charge in [-0.25, -0.2) is 9.59 Å². The molecule has 0 aliphatic heterocycles. The predicted molar refractivity (Wildman–Crippen MR) is 121 cm³/mol. The van der Waals surface area contributed by atoms with E-state index in [1.54, 1.807) is 54.6 Å². The highest BCUT2D eigenvalue weighted by molar-refractivity contribution is 7.71. The average Bonchev–Trinajstić information content (AvgIpc) is 2.78. The van der Waals surface area contributed by atoms with Crippen LogP contribution in [0.25, 0.3) is 0 Å². The molecule has 0 aliphatic rings. The lowest BCUT2D eigenvalue weighted by molar-refractivity contribution is -0.135. The summed E-state index contributed by atoms with van der Waals surface area (Å²) >= 11 is 0. The number of rotatable bonds is 5. The van der Waals surface area contributed by atoms with Crippen molar-refractivity contribution in [2.75, 3.05) is 7.11 Å². The third kappa shape index (κ3) is 6.27. The van der Waals surface area contributed by atoms with Gasteiger partial charge in [-0.3, -0.25) is 4.79 Å². The molecule has 1 unspecified atom stereocenters. The lowest BCUT2D eigenvalue weighted by atomic mass is 10.0. The number of benzene rings is 3. The summed E-state index contributed by atoms with van der Waals surface area (Å²) in [5.41, 5.74) is 3.56. The number of ether oxygens (including phenoxy) is 1. The molecule has 0 N–H and O–H groups in total. The van der Waals surface area contributed by atoms with Crippen molar-refractivity contribution in [3.63, 3.8) is 0 Å². The van der Waals surface area contributed by atoms with Gasteiger partial charge in [0.2, 0.25) is 0 Å². The highest BCUT2D eigenvalue weighted by Gasteiger charge is 2.34. The predicted octanol–water partition coefficient (Wildman–Crippen LogP) is 4.95. The van der Waals surface area contributed by atoms with E-state index in [0.717, 1.165) is 16.7 Å². The van der Waals surface area contributed by atoms with E-state index in [4.69, 9.17) is 0 Å². The zero-order chi connectivity index (χ0) is 23.0. The summed E-state index contributed by atoms with van der Waals surface area (Å²) in [7, 11) is -0.860. The molecule has 5 nitrogen and oxygen atoms in total. The van der Waals surface area contributed by atoms with Crippen LogP contribution in [0.2, 0.25) is 0 Å². The summed E-state index contributed by atoms with van der Waals surface area (Å²) in [6, 6.07) is 21.1. The Labute approximate surface area is 182 Å². The Hall–Kier alpha value is -3.43. The van der Waals surface area contributed by atoms with E-state index in [-0.39, 0.29) is 5.52 Å². The van der Waals surface area contributed by atoms with Crippen LogP contribution >= 0.6 is 7.80 Å². The van der Waals surface area contributed by atoms with Crippen LogP contribution in [0, 0.1) is 20.8 Å². The number of Topliss-reactive ketones (excluding diaryl/α,β-unsaturated/α-hetero) is 1. The first kappa shape index (κ1) is 23.8. The third-order valence-electron chi connectivity index (χ3n) is 4.47. The Morgan fingerprint density at radius 1 is 0.774 bits per heavy atom. The number of hydrogen-bond donors (Lipinski definition) is 0. The Kier molecular flexibility index (Phi) is 8.53. The normalized spacial score (nSPS) is 10.4. The molecule has 6 heteroatoms. The minimum Gasteiger partial charge on any atom is -0.463 e. The topological polar surface area (TPSA) is 77.5 Å². The van der Waals surface area contributed by atoms with Crippen LogP contribution in [0.1, 0.15) is 37.4 Å². The third-order valence-corrected chi connectivity index (χ3v) is 5.83. The molecule has 0 spiro atoms. The Morgan fingerprint density at radius 2 is 1.26 bits per heavy atom. The summed E-state index contributed by atoms with van der Waals surface area (Å²) in [5, 5.41) is 0.585. The molecule has 0 heterocycles. The highest BCUT2D eigenvalue weighted by Crippen LogP contribution is 2.30. The molecule has 3 rings (SSSR count). The van der Waals surface area contributed by atoms with Crippen molar-refractivity contribution in [2.45, 2.75) is 20.8 Å². The van der Waals surface area contributed by atoms with E-state index < -0.39 is 19.6 Å². The largest absolute Gasteiger partial charge is 0.463 e. The van der Waals surface area contributed by atoms with Gasteiger partial charge in [0.1, 0.15) is 0 Å². The van der Waals surface area contributed by atoms with Crippen molar-refractivity contribution < 1.29 is 23.7 Å². The highest BCUT2D eigenvalue weighted by atomic mass is 31.1. The van der Waals surface area contributed by atoms with E-state index in [1.165, 1.54) is 7.11 Å². The van der Waals surface area contributed by atoms with E-state index in [9.17, 15) is 18.9 Å². The second kappa shape index (κ2) is 11.1. The fourth-order valence-corrected chi connectivity index (χ4v) is 4.33.